The Balaban J connectivity index is 1.77. The van der Waals surface area contributed by atoms with E-state index in [1.54, 1.807) is 10.8 Å². The highest BCUT2D eigenvalue weighted by molar-refractivity contribution is 7.17. The third-order valence-electron chi connectivity index (χ3n) is 5.43. The summed E-state index contributed by atoms with van der Waals surface area (Å²) < 4.78 is 7.05. The molecule has 3 aromatic heterocycles. The average molecular weight is 436 g/mol. The number of H-pyrrole nitrogens is 1. The van der Waals surface area contributed by atoms with Gasteiger partial charge in [-0.1, -0.05) is 25.1 Å². The first-order valence-electron chi connectivity index (χ1n) is 10.3. The van der Waals surface area contributed by atoms with Crippen LogP contribution in [0.15, 0.2) is 45.4 Å². The minimum absolute atomic E-state index is 0.107. The summed E-state index contributed by atoms with van der Waals surface area (Å²) in [4.78, 5) is 34.3. The van der Waals surface area contributed by atoms with Crippen LogP contribution in [0.4, 0.5) is 0 Å². The van der Waals surface area contributed by atoms with Crippen molar-refractivity contribution in [3.63, 3.8) is 0 Å². The van der Waals surface area contributed by atoms with Crippen molar-refractivity contribution in [2.75, 3.05) is 6.61 Å². The molecule has 160 valence electrons. The van der Waals surface area contributed by atoms with Gasteiger partial charge in [0.15, 0.2) is 5.75 Å². The normalized spacial score (nSPS) is 11.2. The van der Waals surface area contributed by atoms with Crippen LogP contribution in [0.2, 0.25) is 0 Å². The molecule has 0 aliphatic carbocycles. The molecule has 6 nitrogen and oxygen atoms in total. The third kappa shape index (κ3) is 4.05. The molecule has 3 heterocycles. The lowest BCUT2D eigenvalue weighted by molar-refractivity contribution is 0.313. The van der Waals surface area contributed by atoms with E-state index in [4.69, 9.17) is 4.74 Å². The topological polar surface area (TPSA) is 77.0 Å². The Kier molecular flexibility index (Phi) is 5.78. The summed E-state index contributed by atoms with van der Waals surface area (Å²) in [5, 5.41) is 2.61. The Bertz CT molecular complexity index is 1380. The van der Waals surface area contributed by atoms with Gasteiger partial charge >= 0.3 is 0 Å². The molecule has 4 aromatic rings. The fourth-order valence-electron chi connectivity index (χ4n) is 3.52. The Morgan fingerprint density at radius 1 is 1.13 bits per heavy atom. The SMILES string of the molecule is CCCOc1c[nH]c(Cn2c(C)nc3scc(-c4ccc(C)c(C)c4)c3c2=O)cc1=O. The summed E-state index contributed by atoms with van der Waals surface area (Å²) in [6.45, 7) is 8.66. The molecule has 0 radical (unpaired) electrons. The zero-order valence-corrected chi connectivity index (χ0v) is 18.9. The molecule has 1 N–H and O–H groups in total. The van der Waals surface area contributed by atoms with Crippen LogP contribution in [0.25, 0.3) is 21.3 Å². The maximum atomic E-state index is 13.5. The Morgan fingerprint density at radius 2 is 1.94 bits per heavy atom. The molecule has 31 heavy (non-hydrogen) atoms. The van der Waals surface area contributed by atoms with Crippen LogP contribution < -0.4 is 15.7 Å². The van der Waals surface area contributed by atoms with E-state index in [-0.39, 0.29) is 23.3 Å². The zero-order valence-electron chi connectivity index (χ0n) is 18.1. The van der Waals surface area contributed by atoms with Crippen molar-refractivity contribution in [2.45, 2.75) is 40.7 Å². The van der Waals surface area contributed by atoms with Gasteiger partial charge in [-0.25, -0.2) is 4.98 Å². The number of aryl methyl sites for hydroxylation is 3. The van der Waals surface area contributed by atoms with E-state index in [9.17, 15) is 9.59 Å². The van der Waals surface area contributed by atoms with E-state index in [0.29, 0.717) is 23.5 Å². The molecule has 0 aliphatic heterocycles. The van der Waals surface area contributed by atoms with Gasteiger partial charge < -0.3 is 9.72 Å². The van der Waals surface area contributed by atoms with Gasteiger partial charge in [0, 0.05) is 28.9 Å². The first-order valence-corrected chi connectivity index (χ1v) is 11.2. The lowest BCUT2D eigenvalue weighted by Gasteiger charge is -2.11. The van der Waals surface area contributed by atoms with Crippen LogP contribution in [0, 0.1) is 20.8 Å². The first-order chi connectivity index (χ1) is 14.9. The molecule has 0 unspecified atom stereocenters. The van der Waals surface area contributed by atoms with Crippen LogP contribution in [0.5, 0.6) is 5.75 Å². The van der Waals surface area contributed by atoms with Crippen LogP contribution in [0.3, 0.4) is 0 Å². The molecule has 4 rings (SSSR count). The van der Waals surface area contributed by atoms with E-state index < -0.39 is 0 Å². The molecule has 0 aliphatic rings. The standard InChI is InChI=1S/C24H25N3O3S/c1-5-8-30-21-11-25-18(10-20(21)28)12-27-16(4)26-23-22(24(27)29)19(13-31-23)17-7-6-14(2)15(3)9-17/h6-7,9-11,13H,5,8,12H2,1-4H3,(H,25,28). The van der Waals surface area contributed by atoms with E-state index in [0.717, 1.165) is 22.4 Å². The van der Waals surface area contributed by atoms with Crippen molar-refractivity contribution in [1.82, 2.24) is 14.5 Å². The van der Waals surface area contributed by atoms with Gasteiger partial charge in [0.05, 0.1) is 18.5 Å². The molecule has 0 saturated carbocycles. The highest BCUT2D eigenvalue weighted by Crippen LogP contribution is 2.32. The van der Waals surface area contributed by atoms with Gasteiger partial charge in [-0.15, -0.1) is 11.3 Å². The maximum Gasteiger partial charge on any atom is 0.263 e. The summed E-state index contributed by atoms with van der Waals surface area (Å²) in [7, 11) is 0. The summed E-state index contributed by atoms with van der Waals surface area (Å²) in [5.74, 6) is 0.899. The second-order valence-electron chi connectivity index (χ2n) is 7.71. The molecular formula is C24H25N3O3S. The number of aromatic nitrogens is 3. The highest BCUT2D eigenvalue weighted by atomic mass is 32.1. The number of nitrogens with zero attached hydrogens (tertiary/aromatic N) is 2. The minimum Gasteiger partial charge on any atom is -0.488 e. The second-order valence-corrected chi connectivity index (χ2v) is 8.57. The Labute approximate surface area is 184 Å². The number of thiophene rings is 1. The van der Waals surface area contributed by atoms with E-state index >= 15 is 0 Å². The van der Waals surface area contributed by atoms with Gasteiger partial charge in [0.1, 0.15) is 10.7 Å². The number of hydrogen-bond donors (Lipinski definition) is 1. The lowest BCUT2D eigenvalue weighted by Crippen LogP contribution is -2.25. The number of pyridine rings is 1. The van der Waals surface area contributed by atoms with Crippen molar-refractivity contribution >= 4 is 21.6 Å². The summed E-state index contributed by atoms with van der Waals surface area (Å²) >= 11 is 1.48. The molecule has 1 aromatic carbocycles. The molecule has 0 bridgehead atoms. The largest absolute Gasteiger partial charge is 0.488 e. The van der Waals surface area contributed by atoms with Crippen molar-refractivity contribution in [1.29, 1.82) is 0 Å². The van der Waals surface area contributed by atoms with Crippen molar-refractivity contribution in [3.05, 3.63) is 79.1 Å². The van der Waals surface area contributed by atoms with Crippen LogP contribution in [0.1, 0.15) is 36.0 Å². The molecule has 7 heteroatoms. The lowest BCUT2D eigenvalue weighted by atomic mass is 10.0. The van der Waals surface area contributed by atoms with E-state index in [2.05, 4.69) is 35.9 Å². The first kappa shape index (κ1) is 21.1. The van der Waals surface area contributed by atoms with E-state index in [1.807, 2.05) is 25.3 Å². The van der Waals surface area contributed by atoms with Gasteiger partial charge in [-0.3, -0.25) is 14.2 Å². The second kappa shape index (κ2) is 8.51. The zero-order chi connectivity index (χ0) is 22.1. The number of rotatable bonds is 6. The van der Waals surface area contributed by atoms with Gasteiger partial charge in [0.25, 0.3) is 5.56 Å². The number of hydrogen-bond acceptors (Lipinski definition) is 5. The highest BCUT2D eigenvalue weighted by Gasteiger charge is 2.16. The molecule has 0 amide bonds. The smallest absolute Gasteiger partial charge is 0.263 e. The van der Waals surface area contributed by atoms with Gasteiger partial charge in [0.2, 0.25) is 5.43 Å². The number of ether oxygens (including phenoxy) is 1. The number of benzene rings is 1. The fraction of sp³-hybridized carbons (Fsp3) is 0.292. The van der Waals surface area contributed by atoms with Crippen molar-refractivity contribution in [3.8, 4) is 16.9 Å². The van der Waals surface area contributed by atoms with Crippen molar-refractivity contribution < 1.29 is 4.74 Å². The minimum atomic E-state index is -0.201. The number of fused-ring (bicyclic) bond motifs is 1. The average Bonchev–Trinajstić information content (AvgIpc) is 3.16. The third-order valence-corrected chi connectivity index (χ3v) is 6.30. The summed E-state index contributed by atoms with van der Waals surface area (Å²) in [6, 6.07) is 7.70. The van der Waals surface area contributed by atoms with Gasteiger partial charge in [-0.2, -0.15) is 0 Å². The number of nitrogens with one attached hydrogen (secondary N) is 1. The van der Waals surface area contributed by atoms with Gasteiger partial charge in [-0.05, 0) is 43.9 Å². The predicted molar refractivity (Wildman–Crippen MR) is 125 cm³/mol. The summed E-state index contributed by atoms with van der Waals surface area (Å²) in [6.07, 6.45) is 2.38. The molecular weight excluding hydrogens is 410 g/mol. The Hall–Kier alpha value is -3.19. The molecule has 0 saturated heterocycles. The summed E-state index contributed by atoms with van der Waals surface area (Å²) in [5.41, 5.74) is 4.62. The van der Waals surface area contributed by atoms with Crippen molar-refractivity contribution in [2.24, 2.45) is 0 Å². The number of aromatic amines is 1. The molecule has 0 fully saturated rings. The monoisotopic (exact) mass is 435 g/mol. The maximum absolute atomic E-state index is 13.5. The van der Waals surface area contributed by atoms with Crippen LogP contribution in [-0.4, -0.2) is 21.1 Å². The van der Waals surface area contributed by atoms with E-state index in [1.165, 1.54) is 28.5 Å². The Morgan fingerprint density at radius 3 is 2.65 bits per heavy atom. The van der Waals surface area contributed by atoms with Crippen LogP contribution >= 0.6 is 11.3 Å². The fourth-order valence-corrected chi connectivity index (χ4v) is 4.50. The quantitative estimate of drug-likeness (QED) is 0.481. The van der Waals surface area contributed by atoms with Crippen LogP contribution in [-0.2, 0) is 6.54 Å². The molecule has 0 atom stereocenters. The molecule has 0 spiro atoms. The predicted octanol–water partition coefficient (Wildman–Crippen LogP) is 4.58.